The Morgan fingerprint density at radius 2 is 2.22 bits per heavy atom. The van der Waals surface area contributed by atoms with Gasteiger partial charge in [-0.2, -0.15) is 0 Å². The van der Waals surface area contributed by atoms with E-state index in [0.717, 1.165) is 30.8 Å². The van der Waals surface area contributed by atoms with Gasteiger partial charge in [0.2, 0.25) is 11.8 Å². The number of hydrogen-bond donors (Lipinski definition) is 1. The zero-order valence-corrected chi connectivity index (χ0v) is 13.5. The van der Waals surface area contributed by atoms with Crippen LogP contribution in [0.4, 0.5) is 0 Å². The molecule has 3 rings (SSSR count). The SMILES string of the molecule is COc1cccc(CC(=O)N2CCCN3CCNC(=O)C3C2)c1. The smallest absolute Gasteiger partial charge is 0.239 e. The van der Waals surface area contributed by atoms with Crippen molar-refractivity contribution in [3.05, 3.63) is 29.8 Å². The van der Waals surface area contributed by atoms with E-state index in [2.05, 4.69) is 10.2 Å². The molecule has 2 heterocycles. The van der Waals surface area contributed by atoms with E-state index in [1.807, 2.05) is 29.2 Å². The highest BCUT2D eigenvalue weighted by Crippen LogP contribution is 2.16. The maximum absolute atomic E-state index is 12.6. The molecule has 6 heteroatoms. The molecule has 0 bridgehead atoms. The normalized spacial score (nSPS) is 22.0. The average Bonchev–Trinajstić information content (AvgIpc) is 2.78. The first-order valence-electron chi connectivity index (χ1n) is 8.10. The van der Waals surface area contributed by atoms with Gasteiger partial charge in [0.05, 0.1) is 13.5 Å². The van der Waals surface area contributed by atoms with E-state index < -0.39 is 0 Å². The van der Waals surface area contributed by atoms with Gasteiger partial charge in [0.25, 0.3) is 0 Å². The van der Waals surface area contributed by atoms with Gasteiger partial charge in [-0.1, -0.05) is 12.1 Å². The fourth-order valence-corrected chi connectivity index (χ4v) is 3.29. The third-order valence-corrected chi connectivity index (χ3v) is 4.55. The molecule has 0 saturated carbocycles. The number of nitrogens with zero attached hydrogens (tertiary/aromatic N) is 2. The molecule has 1 aromatic carbocycles. The van der Waals surface area contributed by atoms with Crippen LogP contribution in [0.25, 0.3) is 0 Å². The van der Waals surface area contributed by atoms with Crippen LogP contribution >= 0.6 is 0 Å². The minimum atomic E-state index is -0.208. The number of hydrogen-bond acceptors (Lipinski definition) is 4. The number of methoxy groups -OCH3 is 1. The number of benzene rings is 1. The highest BCUT2D eigenvalue weighted by molar-refractivity contribution is 5.84. The lowest BCUT2D eigenvalue weighted by Crippen LogP contribution is -2.58. The van der Waals surface area contributed by atoms with Gasteiger partial charge in [0, 0.05) is 32.7 Å². The Morgan fingerprint density at radius 1 is 1.35 bits per heavy atom. The molecule has 2 fully saturated rings. The van der Waals surface area contributed by atoms with Crippen LogP contribution in [0.5, 0.6) is 5.75 Å². The summed E-state index contributed by atoms with van der Waals surface area (Å²) in [5.74, 6) is 0.861. The van der Waals surface area contributed by atoms with Crippen molar-refractivity contribution in [1.29, 1.82) is 0 Å². The lowest BCUT2D eigenvalue weighted by Gasteiger charge is -2.34. The van der Waals surface area contributed by atoms with Crippen molar-refractivity contribution >= 4 is 11.8 Å². The van der Waals surface area contributed by atoms with Crippen molar-refractivity contribution in [3.8, 4) is 5.75 Å². The van der Waals surface area contributed by atoms with Gasteiger partial charge in [-0.3, -0.25) is 14.5 Å². The first-order valence-corrected chi connectivity index (χ1v) is 8.10. The fourth-order valence-electron chi connectivity index (χ4n) is 3.29. The van der Waals surface area contributed by atoms with Crippen molar-refractivity contribution in [2.45, 2.75) is 18.9 Å². The highest BCUT2D eigenvalue weighted by Gasteiger charge is 2.34. The number of amides is 2. The van der Waals surface area contributed by atoms with Crippen LogP contribution in [-0.4, -0.2) is 67.5 Å². The standard InChI is InChI=1S/C17H23N3O3/c1-23-14-5-2-4-13(10-14)11-16(21)20-8-3-7-19-9-6-18-17(22)15(19)12-20/h2,4-5,10,15H,3,6-9,11-12H2,1H3,(H,18,22). The molecule has 1 aromatic rings. The predicted molar refractivity (Wildman–Crippen MR) is 86.3 cm³/mol. The van der Waals surface area contributed by atoms with Crippen LogP contribution in [0.1, 0.15) is 12.0 Å². The minimum absolute atomic E-state index is 0.0392. The summed E-state index contributed by atoms with van der Waals surface area (Å²) >= 11 is 0. The molecule has 1 unspecified atom stereocenters. The molecular weight excluding hydrogens is 294 g/mol. The minimum Gasteiger partial charge on any atom is -0.497 e. The van der Waals surface area contributed by atoms with E-state index in [0.29, 0.717) is 26.1 Å². The molecule has 0 aromatic heterocycles. The fraction of sp³-hybridized carbons (Fsp3) is 0.529. The predicted octanol–water partition coefficient (Wildman–Crippen LogP) is 0.270. The number of ether oxygens (including phenoxy) is 1. The maximum atomic E-state index is 12.6. The molecule has 0 radical (unpaired) electrons. The van der Waals surface area contributed by atoms with Crippen molar-refractivity contribution in [1.82, 2.24) is 15.1 Å². The topological polar surface area (TPSA) is 61.9 Å². The first-order chi connectivity index (χ1) is 11.2. The lowest BCUT2D eigenvalue weighted by atomic mass is 10.1. The summed E-state index contributed by atoms with van der Waals surface area (Å²) in [4.78, 5) is 28.7. The molecule has 2 aliphatic rings. The van der Waals surface area contributed by atoms with E-state index in [1.54, 1.807) is 7.11 Å². The van der Waals surface area contributed by atoms with Crippen LogP contribution < -0.4 is 10.1 Å². The van der Waals surface area contributed by atoms with Gasteiger partial charge in [-0.25, -0.2) is 0 Å². The van der Waals surface area contributed by atoms with Crippen LogP contribution in [-0.2, 0) is 16.0 Å². The largest absolute Gasteiger partial charge is 0.497 e. The summed E-state index contributed by atoms with van der Waals surface area (Å²) in [6, 6.07) is 7.36. The molecule has 1 N–H and O–H groups in total. The van der Waals surface area contributed by atoms with Gasteiger partial charge in [0.15, 0.2) is 0 Å². The molecular formula is C17H23N3O3. The molecule has 0 aliphatic carbocycles. The molecule has 0 spiro atoms. The van der Waals surface area contributed by atoms with Crippen LogP contribution in [0, 0.1) is 0 Å². The first kappa shape index (κ1) is 15.8. The number of nitrogens with one attached hydrogen (secondary N) is 1. The summed E-state index contributed by atoms with van der Waals surface area (Å²) in [6.07, 6.45) is 1.25. The molecule has 6 nitrogen and oxygen atoms in total. The van der Waals surface area contributed by atoms with Gasteiger partial charge in [-0.15, -0.1) is 0 Å². The van der Waals surface area contributed by atoms with Crippen molar-refractivity contribution in [2.24, 2.45) is 0 Å². The molecule has 2 aliphatic heterocycles. The number of rotatable bonds is 3. The monoisotopic (exact) mass is 317 g/mol. The van der Waals surface area contributed by atoms with Gasteiger partial charge >= 0.3 is 0 Å². The van der Waals surface area contributed by atoms with Crippen LogP contribution in [0.2, 0.25) is 0 Å². The molecule has 124 valence electrons. The second-order valence-electron chi connectivity index (χ2n) is 6.06. The van der Waals surface area contributed by atoms with Crippen molar-refractivity contribution < 1.29 is 14.3 Å². The Labute approximate surface area is 136 Å². The second kappa shape index (κ2) is 7.00. The third kappa shape index (κ3) is 3.64. The Kier molecular flexibility index (Phi) is 4.81. The van der Waals surface area contributed by atoms with Crippen LogP contribution in [0.3, 0.4) is 0 Å². The average molecular weight is 317 g/mol. The van der Waals surface area contributed by atoms with E-state index in [-0.39, 0.29) is 17.9 Å². The highest BCUT2D eigenvalue weighted by atomic mass is 16.5. The number of fused-ring (bicyclic) bond motifs is 1. The number of carbonyl (C=O) groups excluding carboxylic acids is 2. The summed E-state index contributed by atoms with van der Waals surface area (Å²) in [7, 11) is 1.62. The lowest BCUT2D eigenvalue weighted by molar-refractivity contribution is -0.133. The Hall–Kier alpha value is -2.08. The number of carbonyl (C=O) groups is 2. The zero-order valence-electron chi connectivity index (χ0n) is 13.5. The van der Waals surface area contributed by atoms with E-state index >= 15 is 0 Å². The zero-order chi connectivity index (χ0) is 16.2. The quantitative estimate of drug-likeness (QED) is 0.869. The van der Waals surface area contributed by atoms with Gasteiger partial charge < -0.3 is 15.0 Å². The van der Waals surface area contributed by atoms with E-state index in [1.165, 1.54) is 0 Å². The van der Waals surface area contributed by atoms with E-state index in [9.17, 15) is 9.59 Å². The van der Waals surface area contributed by atoms with Crippen LogP contribution in [0.15, 0.2) is 24.3 Å². The summed E-state index contributed by atoms with van der Waals surface area (Å²) in [5.41, 5.74) is 0.934. The molecule has 23 heavy (non-hydrogen) atoms. The molecule has 1 atom stereocenters. The third-order valence-electron chi connectivity index (χ3n) is 4.55. The summed E-state index contributed by atoms with van der Waals surface area (Å²) in [6.45, 7) is 3.64. The van der Waals surface area contributed by atoms with E-state index in [4.69, 9.17) is 4.74 Å². The Morgan fingerprint density at radius 3 is 3.04 bits per heavy atom. The molecule has 2 saturated heterocycles. The maximum Gasteiger partial charge on any atom is 0.239 e. The van der Waals surface area contributed by atoms with Gasteiger partial charge in [-0.05, 0) is 24.1 Å². The summed E-state index contributed by atoms with van der Waals surface area (Å²) in [5, 5.41) is 2.90. The van der Waals surface area contributed by atoms with Crippen molar-refractivity contribution in [2.75, 3.05) is 39.8 Å². The number of piperazine rings is 1. The second-order valence-corrected chi connectivity index (χ2v) is 6.06. The Balaban J connectivity index is 1.67. The van der Waals surface area contributed by atoms with Crippen molar-refractivity contribution in [3.63, 3.8) is 0 Å². The molecule has 2 amide bonds. The Bertz CT molecular complexity index is 590. The summed E-state index contributed by atoms with van der Waals surface area (Å²) < 4.78 is 5.20. The van der Waals surface area contributed by atoms with Gasteiger partial charge in [0.1, 0.15) is 11.8 Å².